The minimum Gasteiger partial charge on any atom is -0.341 e. The molecule has 2 amide bonds. The van der Waals surface area contributed by atoms with Crippen LogP contribution in [0.15, 0.2) is 30.3 Å². The van der Waals surface area contributed by atoms with Gasteiger partial charge in [0.15, 0.2) is 0 Å². The molecule has 4 heteroatoms. The number of nitrogens with one attached hydrogen (secondary N) is 1. The molecule has 2 rings (SSSR count). The van der Waals surface area contributed by atoms with Gasteiger partial charge >= 0.3 is 0 Å². The molecule has 19 heavy (non-hydrogen) atoms. The summed E-state index contributed by atoms with van der Waals surface area (Å²) in [6, 6.07) is 10.2. The van der Waals surface area contributed by atoms with Gasteiger partial charge < -0.3 is 10.2 Å². The van der Waals surface area contributed by atoms with Crippen LogP contribution in [0.2, 0.25) is 0 Å². The second kappa shape index (κ2) is 5.43. The van der Waals surface area contributed by atoms with Gasteiger partial charge in [-0.1, -0.05) is 30.3 Å². The maximum atomic E-state index is 12.1. The first-order valence-electron chi connectivity index (χ1n) is 6.63. The monoisotopic (exact) mass is 260 g/mol. The van der Waals surface area contributed by atoms with Gasteiger partial charge in [0.2, 0.25) is 11.8 Å². The number of rotatable bonds is 4. The van der Waals surface area contributed by atoms with Crippen molar-refractivity contribution >= 4 is 11.8 Å². The van der Waals surface area contributed by atoms with E-state index in [4.69, 9.17) is 0 Å². The third kappa shape index (κ3) is 3.34. The molecule has 1 N–H and O–H groups in total. The number of amides is 2. The van der Waals surface area contributed by atoms with Gasteiger partial charge in [-0.15, -0.1) is 0 Å². The number of aryl methyl sites for hydroxylation is 1. The Kier molecular flexibility index (Phi) is 3.88. The van der Waals surface area contributed by atoms with Gasteiger partial charge in [0.25, 0.3) is 0 Å². The molecule has 0 aromatic heterocycles. The first-order valence-corrected chi connectivity index (χ1v) is 6.63. The molecule has 0 aliphatic carbocycles. The van der Waals surface area contributed by atoms with Crippen molar-refractivity contribution in [2.24, 2.45) is 0 Å². The highest BCUT2D eigenvalue weighted by Gasteiger charge is 2.38. The molecule has 1 aliphatic heterocycles. The molecule has 1 saturated heterocycles. The predicted molar refractivity (Wildman–Crippen MR) is 73.6 cm³/mol. The summed E-state index contributed by atoms with van der Waals surface area (Å²) in [5.41, 5.74) is 0.484. The van der Waals surface area contributed by atoms with Crippen LogP contribution >= 0.6 is 0 Å². The van der Waals surface area contributed by atoms with Gasteiger partial charge in [-0.2, -0.15) is 0 Å². The summed E-state index contributed by atoms with van der Waals surface area (Å²) >= 11 is 0. The van der Waals surface area contributed by atoms with Crippen molar-refractivity contribution in [1.29, 1.82) is 0 Å². The van der Waals surface area contributed by atoms with Crippen LogP contribution in [0.3, 0.4) is 0 Å². The molecule has 1 aromatic rings. The Bertz CT molecular complexity index is 468. The van der Waals surface area contributed by atoms with Crippen molar-refractivity contribution in [2.45, 2.75) is 32.2 Å². The zero-order valence-electron chi connectivity index (χ0n) is 11.5. The maximum Gasteiger partial charge on any atom is 0.248 e. The molecule has 4 nitrogen and oxygen atoms in total. The van der Waals surface area contributed by atoms with Crippen molar-refractivity contribution in [3.05, 3.63) is 35.9 Å². The number of carbonyl (C=O) groups is 2. The van der Waals surface area contributed by atoms with E-state index in [0.29, 0.717) is 6.54 Å². The molecule has 1 fully saturated rings. The minimum atomic E-state index is -0.776. The molecule has 0 bridgehead atoms. The van der Waals surface area contributed by atoms with Crippen molar-refractivity contribution in [2.75, 3.05) is 13.1 Å². The highest BCUT2D eigenvalue weighted by atomic mass is 16.2. The lowest BCUT2D eigenvalue weighted by atomic mass is 10.00. The van der Waals surface area contributed by atoms with Crippen molar-refractivity contribution < 1.29 is 9.59 Å². The normalized spacial score (nSPS) is 18.3. The molecule has 0 spiro atoms. The highest BCUT2D eigenvalue weighted by molar-refractivity contribution is 5.97. The van der Waals surface area contributed by atoms with Gasteiger partial charge in [-0.3, -0.25) is 9.59 Å². The second-order valence-corrected chi connectivity index (χ2v) is 5.49. The van der Waals surface area contributed by atoms with E-state index in [1.54, 1.807) is 18.7 Å². The fourth-order valence-corrected chi connectivity index (χ4v) is 2.38. The summed E-state index contributed by atoms with van der Waals surface area (Å²) in [5.74, 6) is -0.0792. The van der Waals surface area contributed by atoms with Gasteiger partial charge in [-0.05, 0) is 32.3 Å². The third-order valence-corrected chi connectivity index (χ3v) is 3.34. The van der Waals surface area contributed by atoms with Crippen LogP contribution in [0.4, 0.5) is 0 Å². The van der Waals surface area contributed by atoms with Crippen LogP contribution < -0.4 is 5.32 Å². The van der Waals surface area contributed by atoms with E-state index < -0.39 is 5.54 Å². The van der Waals surface area contributed by atoms with E-state index in [1.165, 1.54) is 5.56 Å². The van der Waals surface area contributed by atoms with Gasteiger partial charge in [0.1, 0.15) is 5.54 Å². The van der Waals surface area contributed by atoms with E-state index >= 15 is 0 Å². The lowest BCUT2D eigenvalue weighted by molar-refractivity contribution is -0.148. The van der Waals surface area contributed by atoms with Gasteiger partial charge in [-0.25, -0.2) is 0 Å². The average Bonchev–Trinajstić information content (AvgIpc) is 2.36. The quantitative estimate of drug-likeness (QED) is 0.888. The Morgan fingerprint density at radius 3 is 2.58 bits per heavy atom. The summed E-state index contributed by atoms with van der Waals surface area (Å²) in [7, 11) is 0. The van der Waals surface area contributed by atoms with Crippen molar-refractivity contribution in [1.82, 2.24) is 10.2 Å². The molecular weight excluding hydrogens is 240 g/mol. The number of benzene rings is 1. The molecular formula is C15H20N2O2. The van der Waals surface area contributed by atoms with E-state index in [2.05, 4.69) is 17.4 Å². The number of piperazine rings is 1. The van der Waals surface area contributed by atoms with Crippen LogP contribution in [0.5, 0.6) is 0 Å². The SMILES string of the molecule is CC1(C)NC(=O)CN(CCCc2ccccc2)C1=O. The van der Waals surface area contributed by atoms with Crippen molar-refractivity contribution in [3.63, 3.8) is 0 Å². The highest BCUT2D eigenvalue weighted by Crippen LogP contribution is 2.14. The fraction of sp³-hybridized carbons (Fsp3) is 0.467. The average molecular weight is 260 g/mol. The fourth-order valence-electron chi connectivity index (χ4n) is 2.38. The number of hydrogen-bond donors (Lipinski definition) is 1. The molecule has 0 atom stereocenters. The summed E-state index contributed by atoms with van der Waals surface area (Å²) in [6.45, 7) is 4.30. The zero-order chi connectivity index (χ0) is 13.9. The van der Waals surface area contributed by atoms with Crippen molar-refractivity contribution in [3.8, 4) is 0 Å². The van der Waals surface area contributed by atoms with Crippen LogP contribution in [0.25, 0.3) is 0 Å². The Hall–Kier alpha value is -1.84. The summed E-state index contributed by atoms with van der Waals surface area (Å²) < 4.78 is 0. The number of nitrogens with zero attached hydrogens (tertiary/aromatic N) is 1. The largest absolute Gasteiger partial charge is 0.341 e. The van der Waals surface area contributed by atoms with Crippen LogP contribution in [0, 0.1) is 0 Å². The summed E-state index contributed by atoms with van der Waals surface area (Å²) in [6.07, 6.45) is 1.80. The Morgan fingerprint density at radius 1 is 1.21 bits per heavy atom. The smallest absolute Gasteiger partial charge is 0.248 e. The first kappa shape index (κ1) is 13.6. The molecule has 0 radical (unpaired) electrons. The van der Waals surface area contributed by atoms with Gasteiger partial charge in [0, 0.05) is 6.54 Å². The maximum absolute atomic E-state index is 12.1. The van der Waals surface area contributed by atoms with Crippen LogP contribution in [0.1, 0.15) is 25.8 Å². The van der Waals surface area contributed by atoms with Gasteiger partial charge in [0.05, 0.1) is 6.54 Å². The van der Waals surface area contributed by atoms with Crippen LogP contribution in [-0.4, -0.2) is 35.3 Å². The standard InChI is InChI=1S/C15H20N2O2/c1-15(2)14(19)17(11-13(18)16-15)10-6-9-12-7-4-3-5-8-12/h3-5,7-8H,6,9-11H2,1-2H3,(H,16,18). The Balaban J connectivity index is 1.88. The molecule has 1 aliphatic rings. The molecule has 1 heterocycles. The summed E-state index contributed by atoms with van der Waals surface area (Å²) in [5, 5.41) is 2.71. The van der Waals surface area contributed by atoms with E-state index in [-0.39, 0.29) is 18.4 Å². The van der Waals surface area contributed by atoms with E-state index in [1.807, 2.05) is 18.2 Å². The topological polar surface area (TPSA) is 49.4 Å². The first-order chi connectivity index (χ1) is 8.99. The molecule has 1 aromatic carbocycles. The predicted octanol–water partition coefficient (Wildman–Crippen LogP) is 1.36. The molecule has 102 valence electrons. The van der Waals surface area contributed by atoms with E-state index in [0.717, 1.165) is 12.8 Å². The Labute approximate surface area is 113 Å². The lowest BCUT2D eigenvalue weighted by Gasteiger charge is -2.37. The Morgan fingerprint density at radius 2 is 1.89 bits per heavy atom. The third-order valence-electron chi connectivity index (χ3n) is 3.34. The molecule has 0 saturated carbocycles. The number of hydrogen-bond acceptors (Lipinski definition) is 2. The summed E-state index contributed by atoms with van der Waals surface area (Å²) in [4.78, 5) is 25.4. The minimum absolute atomic E-state index is 0.000150. The van der Waals surface area contributed by atoms with Crippen LogP contribution in [-0.2, 0) is 16.0 Å². The van der Waals surface area contributed by atoms with E-state index in [9.17, 15) is 9.59 Å². The zero-order valence-corrected chi connectivity index (χ0v) is 11.5. The number of carbonyl (C=O) groups excluding carboxylic acids is 2. The second-order valence-electron chi connectivity index (χ2n) is 5.49. The molecule has 0 unspecified atom stereocenters. The lowest BCUT2D eigenvalue weighted by Crippen LogP contribution is -2.63.